The monoisotopic (exact) mass is 317 g/mol. The third-order valence-electron chi connectivity index (χ3n) is 4.04. The molecule has 0 radical (unpaired) electrons. The van der Waals surface area contributed by atoms with Gasteiger partial charge < -0.3 is 4.74 Å². The maximum absolute atomic E-state index is 10.8. The summed E-state index contributed by atoms with van der Waals surface area (Å²) >= 11 is 0. The molecule has 1 aliphatic heterocycles. The third kappa shape index (κ3) is 3.84. The van der Waals surface area contributed by atoms with Gasteiger partial charge in [-0.25, -0.2) is 4.98 Å². The van der Waals surface area contributed by atoms with Gasteiger partial charge in [-0.3, -0.25) is 20.1 Å². The summed E-state index contributed by atoms with van der Waals surface area (Å²) in [7, 11) is 0. The van der Waals surface area contributed by atoms with E-state index in [0.29, 0.717) is 12.4 Å². The molecule has 1 N–H and O–H groups in total. The van der Waals surface area contributed by atoms with Gasteiger partial charge in [0.2, 0.25) is 0 Å². The number of hydrogen-bond donors (Lipinski definition) is 1. The topological polar surface area (TPSA) is 97.2 Å². The zero-order chi connectivity index (χ0) is 16.1. The highest BCUT2D eigenvalue weighted by molar-refractivity contribution is 5.37. The number of aromatic nitrogens is 3. The van der Waals surface area contributed by atoms with Gasteiger partial charge in [-0.2, -0.15) is 5.10 Å². The van der Waals surface area contributed by atoms with Crippen molar-refractivity contribution < 1.29 is 9.66 Å². The molecule has 0 spiro atoms. The lowest BCUT2D eigenvalue weighted by molar-refractivity contribution is -0.384. The zero-order valence-corrected chi connectivity index (χ0v) is 12.7. The summed E-state index contributed by atoms with van der Waals surface area (Å²) in [5.74, 6) is 1.41. The molecular formula is C15H19N5O3. The molecule has 122 valence electrons. The number of ether oxygens (including phenoxy) is 1. The highest BCUT2D eigenvalue weighted by Gasteiger charge is 2.25. The molecule has 1 unspecified atom stereocenters. The van der Waals surface area contributed by atoms with E-state index in [2.05, 4.69) is 20.1 Å². The Bertz CT molecular complexity index is 646. The zero-order valence-electron chi connectivity index (χ0n) is 12.7. The minimum Gasteiger partial charge on any atom is -0.492 e. The first-order chi connectivity index (χ1) is 11.2. The first-order valence-electron chi connectivity index (χ1n) is 7.70. The lowest BCUT2D eigenvalue weighted by Crippen LogP contribution is -2.37. The maximum Gasteiger partial charge on any atom is 0.273 e. The van der Waals surface area contributed by atoms with Gasteiger partial charge in [0.1, 0.15) is 24.5 Å². The summed E-state index contributed by atoms with van der Waals surface area (Å²) in [5, 5.41) is 17.6. The largest absolute Gasteiger partial charge is 0.492 e. The number of likely N-dealkylation sites (tertiary alicyclic amines) is 1. The van der Waals surface area contributed by atoms with Crippen molar-refractivity contribution in [3.8, 4) is 5.75 Å². The van der Waals surface area contributed by atoms with Crippen LogP contribution in [0.25, 0.3) is 0 Å². The first kappa shape index (κ1) is 15.4. The molecule has 1 fully saturated rings. The molecule has 8 nitrogen and oxygen atoms in total. The lowest BCUT2D eigenvalue weighted by Gasteiger charge is -2.34. The van der Waals surface area contributed by atoms with E-state index in [1.807, 2.05) is 0 Å². The lowest BCUT2D eigenvalue weighted by atomic mass is 10.0. The minimum absolute atomic E-state index is 0.0417. The van der Waals surface area contributed by atoms with Gasteiger partial charge >= 0.3 is 0 Å². The highest BCUT2D eigenvalue weighted by atomic mass is 16.6. The maximum atomic E-state index is 10.8. The number of nitro groups is 1. The second-order valence-electron chi connectivity index (χ2n) is 5.52. The molecule has 3 rings (SSSR count). The normalized spacial score (nSPS) is 18.7. The smallest absolute Gasteiger partial charge is 0.273 e. The van der Waals surface area contributed by atoms with Crippen molar-refractivity contribution in [2.75, 3.05) is 19.7 Å². The third-order valence-corrected chi connectivity index (χ3v) is 4.04. The van der Waals surface area contributed by atoms with E-state index in [0.717, 1.165) is 31.8 Å². The van der Waals surface area contributed by atoms with Crippen molar-refractivity contribution >= 4 is 5.69 Å². The predicted molar refractivity (Wildman–Crippen MR) is 83.1 cm³/mol. The van der Waals surface area contributed by atoms with Gasteiger partial charge in [0.25, 0.3) is 5.69 Å². The van der Waals surface area contributed by atoms with Crippen molar-refractivity contribution in [1.29, 1.82) is 0 Å². The molecule has 2 aromatic rings. The van der Waals surface area contributed by atoms with Crippen LogP contribution in [0, 0.1) is 10.1 Å². The number of nitro benzene ring substituents is 1. The van der Waals surface area contributed by atoms with Crippen molar-refractivity contribution in [3.63, 3.8) is 0 Å². The molecule has 1 aliphatic rings. The Hall–Kier alpha value is -2.48. The van der Waals surface area contributed by atoms with E-state index >= 15 is 0 Å². The number of non-ortho nitro benzene ring substituents is 1. The Morgan fingerprint density at radius 1 is 1.43 bits per heavy atom. The van der Waals surface area contributed by atoms with Crippen LogP contribution < -0.4 is 4.74 Å². The molecule has 2 heterocycles. The number of aromatic amines is 1. The van der Waals surface area contributed by atoms with Crippen molar-refractivity contribution in [1.82, 2.24) is 20.1 Å². The molecule has 1 aromatic heterocycles. The standard InChI is InChI=1S/C15H19N5O3/c21-20(22)12-4-3-5-13(10-12)23-9-8-19-7-2-1-6-14(19)15-16-11-17-18-15/h3-5,10-11,14H,1-2,6-9H2,(H,16,17,18). The molecule has 1 saturated heterocycles. The van der Waals surface area contributed by atoms with Crippen LogP contribution in [0.5, 0.6) is 5.75 Å². The number of benzene rings is 1. The summed E-state index contributed by atoms with van der Waals surface area (Å²) in [4.78, 5) is 16.9. The Labute approximate surface area is 133 Å². The summed E-state index contributed by atoms with van der Waals surface area (Å²) in [6.07, 6.45) is 4.91. The van der Waals surface area contributed by atoms with Crippen molar-refractivity contribution in [3.05, 3.63) is 46.5 Å². The molecule has 0 amide bonds. The molecule has 1 aromatic carbocycles. The fraction of sp³-hybridized carbons (Fsp3) is 0.467. The predicted octanol–water partition coefficient (Wildman–Crippen LogP) is 2.32. The van der Waals surface area contributed by atoms with Crippen LogP contribution in [0.2, 0.25) is 0 Å². The SMILES string of the molecule is O=[N+]([O-])c1cccc(OCCN2CCCCC2c2ncn[nH]2)c1. The number of nitrogens with one attached hydrogen (secondary N) is 1. The minimum atomic E-state index is -0.419. The number of rotatable bonds is 6. The second kappa shape index (κ2) is 7.19. The second-order valence-corrected chi connectivity index (χ2v) is 5.52. The van der Waals surface area contributed by atoms with E-state index in [4.69, 9.17) is 4.74 Å². The fourth-order valence-electron chi connectivity index (χ4n) is 2.91. The molecule has 0 aliphatic carbocycles. The summed E-state index contributed by atoms with van der Waals surface area (Å²) in [6.45, 7) is 2.21. The molecule has 23 heavy (non-hydrogen) atoms. The average Bonchev–Trinajstić information content (AvgIpc) is 3.10. The van der Waals surface area contributed by atoms with Crippen molar-refractivity contribution in [2.45, 2.75) is 25.3 Å². The number of piperidine rings is 1. The van der Waals surface area contributed by atoms with Gasteiger partial charge in [0, 0.05) is 12.6 Å². The fourth-order valence-corrected chi connectivity index (χ4v) is 2.91. The van der Waals surface area contributed by atoms with Crippen LogP contribution >= 0.6 is 0 Å². The van der Waals surface area contributed by atoms with Gasteiger partial charge in [-0.1, -0.05) is 12.5 Å². The molecule has 8 heteroatoms. The van der Waals surface area contributed by atoms with Gasteiger partial charge in [0.05, 0.1) is 17.0 Å². The summed E-state index contributed by atoms with van der Waals surface area (Å²) in [6, 6.07) is 6.50. The molecule has 0 bridgehead atoms. The van der Waals surface area contributed by atoms with Crippen LogP contribution in [0.4, 0.5) is 5.69 Å². The van der Waals surface area contributed by atoms with E-state index in [1.165, 1.54) is 24.9 Å². The molecule has 1 atom stereocenters. The summed E-state index contributed by atoms with van der Waals surface area (Å²) in [5.41, 5.74) is 0.0417. The Balaban J connectivity index is 1.56. The van der Waals surface area contributed by atoms with Gasteiger partial charge in [-0.15, -0.1) is 0 Å². The van der Waals surface area contributed by atoms with Crippen molar-refractivity contribution in [2.24, 2.45) is 0 Å². The van der Waals surface area contributed by atoms with E-state index in [1.54, 1.807) is 12.1 Å². The average molecular weight is 317 g/mol. The molecule has 0 saturated carbocycles. The number of nitrogens with zero attached hydrogens (tertiary/aromatic N) is 4. The Kier molecular flexibility index (Phi) is 4.82. The van der Waals surface area contributed by atoms with E-state index < -0.39 is 4.92 Å². The van der Waals surface area contributed by atoms with Gasteiger partial charge in [0.15, 0.2) is 0 Å². The van der Waals surface area contributed by atoms with Crippen LogP contribution in [0.1, 0.15) is 31.1 Å². The first-order valence-corrected chi connectivity index (χ1v) is 7.70. The highest BCUT2D eigenvalue weighted by Crippen LogP contribution is 2.28. The summed E-state index contributed by atoms with van der Waals surface area (Å²) < 4.78 is 5.67. The van der Waals surface area contributed by atoms with Crippen LogP contribution in [-0.4, -0.2) is 44.7 Å². The van der Waals surface area contributed by atoms with Crippen LogP contribution in [-0.2, 0) is 0 Å². The Morgan fingerprint density at radius 2 is 2.35 bits per heavy atom. The quantitative estimate of drug-likeness (QED) is 0.648. The van der Waals surface area contributed by atoms with Crippen LogP contribution in [0.3, 0.4) is 0 Å². The van der Waals surface area contributed by atoms with E-state index in [-0.39, 0.29) is 11.7 Å². The number of H-pyrrole nitrogens is 1. The number of hydrogen-bond acceptors (Lipinski definition) is 6. The molecular weight excluding hydrogens is 298 g/mol. The Morgan fingerprint density at radius 3 is 3.13 bits per heavy atom. The van der Waals surface area contributed by atoms with Gasteiger partial charge in [-0.05, 0) is 25.5 Å². The van der Waals surface area contributed by atoms with E-state index in [9.17, 15) is 10.1 Å². The van der Waals surface area contributed by atoms with Crippen LogP contribution in [0.15, 0.2) is 30.6 Å².